The van der Waals surface area contributed by atoms with Crippen molar-refractivity contribution in [3.63, 3.8) is 0 Å². The van der Waals surface area contributed by atoms with Crippen molar-refractivity contribution in [1.82, 2.24) is 21.1 Å². The van der Waals surface area contributed by atoms with Gasteiger partial charge in [-0.25, -0.2) is 0 Å². The van der Waals surface area contributed by atoms with Gasteiger partial charge in [0.25, 0.3) is 0 Å². The summed E-state index contributed by atoms with van der Waals surface area (Å²) in [6.07, 6.45) is 0. The normalized spacial score (nSPS) is 12.4. The molecule has 0 aliphatic rings. The lowest BCUT2D eigenvalue weighted by Crippen LogP contribution is -2.48. The van der Waals surface area contributed by atoms with Crippen LogP contribution in [0.25, 0.3) is 0 Å². The SMILES string of the molecule is CN=C(NCC(=O)NC(C)(C)C)NCc1cc(C(C)C)no1. The van der Waals surface area contributed by atoms with Crippen molar-refractivity contribution in [2.75, 3.05) is 13.6 Å². The van der Waals surface area contributed by atoms with Gasteiger partial charge in [0.2, 0.25) is 5.91 Å². The third-order valence-electron chi connectivity index (χ3n) is 2.75. The quantitative estimate of drug-likeness (QED) is 0.564. The van der Waals surface area contributed by atoms with Crippen LogP contribution in [0.3, 0.4) is 0 Å². The van der Waals surface area contributed by atoms with Gasteiger partial charge in [-0.2, -0.15) is 0 Å². The van der Waals surface area contributed by atoms with Crippen molar-refractivity contribution in [3.8, 4) is 0 Å². The molecule has 22 heavy (non-hydrogen) atoms. The molecule has 1 rings (SSSR count). The molecule has 0 saturated carbocycles. The second kappa shape index (κ2) is 7.82. The number of nitrogens with zero attached hydrogens (tertiary/aromatic N) is 2. The minimum absolute atomic E-state index is 0.0859. The molecular weight excluding hydrogens is 282 g/mol. The number of guanidine groups is 1. The second-order valence-electron chi connectivity index (χ2n) is 6.45. The number of aromatic nitrogens is 1. The van der Waals surface area contributed by atoms with Gasteiger partial charge in [-0.3, -0.25) is 9.79 Å². The molecule has 1 heterocycles. The molecule has 7 nitrogen and oxygen atoms in total. The number of aliphatic imine (C=N–C) groups is 1. The summed E-state index contributed by atoms with van der Waals surface area (Å²) in [7, 11) is 1.65. The minimum atomic E-state index is -0.247. The number of hydrogen-bond acceptors (Lipinski definition) is 4. The van der Waals surface area contributed by atoms with Crippen LogP contribution in [0.4, 0.5) is 0 Å². The van der Waals surface area contributed by atoms with E-state index in [0.717, 1.165) is 11.5 Å². The molecule has 0 fully saturated rings. The maximum atomic E-state index is 11.7. The summed E-state index contributed by atoms with van der Waals surface area (Å²) >= 11 is 0. The lowest BCUT2D eigenvalue weighted by Gasteiger charge is -2.21. The lowest BCUT2D eigenvalue weighted by atomic mass is 10.1. The fourth-order valence-corrected chi connectivity index (χ4v) is 1.70. The van der Waals surface area contributed by atoms with Crippen LogP contribution in [0.2, 0.25) is 0 Å². The van der Waals surface area contributed by atoms with Gasteiger partial charge in [0, 0.05) is 18.7 Å². The summed E-state index contributed by atoms with van der Waals surface area (Å²) < 4.78 is 5.24. The van der Waals surface area contributed by atoms with Gasteiger partial charge in [0.05, 0.1) is 18.8 Å². The molecule has 0 bridgehead atoms. The third kappa shape index (κ3) is 6.60. The van der Waals surface area contributed by atoms with E-state index in [1.165, 1.54) is 0 Å². The van der Waals surface area contributed by atoms with Crippen molar-refractivity contribution in [3.05, 3.63) is 17.5 Å². The number of rotatable bonds is 5. The Labute approximate surface area is 131 Å². The molecule has 0 saturated heterocycles. The van der Waals surface area contributed by atoms with E-state index in [9.17, 15) is 4.79 Å². The number of amides is 1. The first kappa shape index (κ1) is 18.0. The van der Waals surface area contributed by atoms with Crippen LogP contribution in [0.1, 0.15) is 52.0 Å². The first-order valence-electron chi connectivity index (χ1n) is 7.42. The predicted molar refractivity (Wildman–Crippen MR) is 86.7 cm³/mol. The first-order valence-corrected chi connectivity index (χ1v) is 7.42. The zero-order valence-corrected chi connectivity index (χ0v) is 14.3. The Morgan fingerprint density at radius 1 is 1.36 bits per heavy atom. The molecule has 7 heteroatoms. The maximum Gasteiger partial charge on any atom is 0.239 e. The zero-order chi connectivity index (χ0) is 16.8. The van der Waals surface area contributed by atoms with Crippen LogP contribution in [0.5, 0.6) is 0 Å². The van der Waals surface area contributed by atoms with Crippen LogP contribution in [-0.2, 0) is 11.3 Å². The van der Waals surface area contributed by atoms with E-state index in [2.05, 4.69) is 39.9 Å². The first-order chi connectivity index (χ1) is 10.2. The smallest absolute Gasteiger partial charge is 0.239 e. The van der Waals surface area contributed by atoms with E-state index in [4.69, 9.17) is 4.52 Å². The van der Waals surface area contributed by atoms with E-state index in [-0.39, 0.29) is 18.0 Å². The molecule has 0 unspecified atom stereocenters. The highest BCUT2D eigenvalue weighted by atomic mass is 16.5. The predicted octanol–water partition coefficient (Wildman–Crippen LogP) is 1.38. The monoisotopic (exact) mass is 309 g/mol. The number of carbonyl (C=O) groups is 1. The fourth-order valence-electron chi connectivity index (χ4n) is 1.70. The Kier molecular flexibility index (Phi) is 6.39. The van der Waals surface area contributed by atoms with Crippen molar-refractivity contribution in [2.45, 2.75) is 52.6 Å². The van der Waals surface area contributed by atoms with E-state index in [1.807, 2.05) is 26.8 Å². The minimum Gasteiger partial charge on any atom is -0.359 e. The van der Waals surface area contributed by atoms with Gasteiger partial charge >= 0.3 is 0 Å². The number of nitrogens with one attached hydrogen (secondary N) is 3. The summed E-state index contributed by atoms with van der Waals surface area (Å²) in [5, 5.41) is 12.9. The highest BCUT2D eigenvalue weighted by molar-refractivity contribution is 5.86. The standard InChI is InChI=1S/C15H27N5O2/c1-10(2)12-7-11(22-20-12)8-17-14(16-6)18-9-13(21)19-15(3,4)5/h7,10H,8-9H2,1-6H3,(H,19,21)(H2,16,17,18). The molecular formula is C15H27N5O2. The Morgan fingerprint density at radius 2 is 2.05 bits per heavy atom. The van der Waals surface area contributed by atoms with Crippen molar-refractivity contribution >= 4 is 11.9 Å². The van der Waals surface area contributed by atoms with Crippen LogP contribution < -0.4 is 16.0 Å². The molecule has 124 valence electrons. The van der Waals surface area contributed by atoms with Gasteiger partial charge in [0.1, 0.15) is 0 Å². The topological polar surface area (TPSA) is 91.5 Å². The van der Waals surface area contributed by atoms with Gasteiger partial charge in [-0.1, -0.05) is 19.0 Å². The van der Waals surface area contributed by atoms with Crippen LogP contribution in [-0.4, -0.2) is 36.2 Å². The summed E-state index contributed by atoms with van der Waals surface area (Å²) in [5.41, 5.74) is 0.673. The van der Waals surface area contributed by atoms with E-state index in [1.54, 1.807) is 7.05 Å². The van der Waals surface area contributed by atoms with E-state index >= 15 is 0 Å². The van der Waals surface area contributed by atoms with Crippen LogP contribution in [0, 0.1) is 0 Å². The molecule has 0 radical (unpaired) electrons. The summed E-state index contributed by atoms with van der Waals surface area (Å²) in [6.45, 7) is 10.5. The van der Waals surface area contributed by atoms with Gasteiger partial charge in [-0.05, 0) is 26.7 Å². The van der Waals surface area contributed by atoms with Gasteiger partial charge in [-0.15, -0.1) is 0 Å². The number of carbonyl (C=O) groups excluding carboxylic acids is 1. The molecule has 0 atom stereocenters. The van der Waals surface area contributed by atoms with Crippen LogP contribution in [0.15, 0.2) is 15.6 Å². The molecule has 1 aromatic rings. The molecule has 3 N–H and O–H groups in total. The molecule has 0 spiro atoms. The zero-order valence-electron chi connectivity index (χ0n) is 14.3. The second-order valence-corrected chi connectivity index (χ2v) is 6.45. The molecule has 0 aliphatic heterocycles. The Balaban J connectivity index is 2.41. The average molecular weight is 309 g/mol. The van der Waals surface area contributed by atoms with Crippen molar-refractivity contribution < 1.29 is 9.32 Å². The van der Waals surface area contributed by atoms with Crippen molar-refractivity contribution in [2.24, 2.45) is 4.99 Å². The Morgan fingerprint density at radius 3 is 2.55 bits per heavy atom. The highest BCUT2D eigenvalue weighted by Gasteiger charge is 2.14. The van der Waals surface area contributed by atoms with Gasteiger partial charge < -0.3 is 20.5 Å². The Hall–Kier alpha value is -2.05. The average Bonchev–Trinajstić information content (AvgIpc) is 2.86. The Bertz CT molecular complexity index is 514. The molecule has 0 aromatic carbocycles. The molecule has 1 amide bonds. The number of hydrogen-bond donors (Lipinski definition) is 3. The van der Waals surface area contributed by atoms with Crippen LogP contribution >= 0.6 is 0 Å². The van der Waals surface area contributed by atoms with E-state index in [0.29, 0.717) is 18.4 Å². The lowest BCUT2D eigenvalue weighted by molar-refractivity contribution is -0.121. The van der Waals surface area contributed by atoms with E-state index < -0.39 is 0 Å². The maximum absolute atomic E-state index is 11.7. The summed E-state index contributed by atoms with van der Waals surface area (Å²) in [5.74, 6) is 1.51. The summed E-state index contributed by atoms with van der Waals surface area (Å²) in [4.78, 5) is 15.8. The largest absolute Gasteiger partial charge is 0.359 e. The highest BCUT2D eigenvalue weighted by Crippen LogP contribution is 2.13. The molecule has 0 aliphatic carbocycles. The summed E-state index contributed by atoms with van der Waals surface area (Å²) in [6, 6.07) is 1.91. The fraction of sp³-hybridized carbons (Fsp3) is 0.667. The van der Waals surface area contributed by atoms with Crippen molar-refractivity contribution in [1.29, 1.82) is 0 Å². The van der Waals surface area contributed by atoms with Gasteiger partial charge in [0.15, 0.2) is 11.7 Å². The molecule has 1 aromatic heterocycles. The third-order valence-corrected chi connectivity index (χ3v) is 2.75.